The van der Waals surface area contributed by atoms with Crippen molar-refractivity contribution in [1.82, 2.24) is 9.97 Å². The Balaban J connectivity index is 2.25. The van der Waals surface area contributed by atoms with E-state index >= 15 is 0 Å². The molecule has 5 nitrogen and oxygen atoms in total. The lowest BCUT2D eigenvalue weighted by Gasteiger charge is -2.07. The highest BCUT2D eigenvalue weighted by Crippen LogP contribution is 2.30. The van der Waals surface area contributed by atoms with Crippen molar-refractivity contribution in [2.24, 2.45) is 0 Å². The van der Waals surface area contributed by atoms with Gasteiger partial charge >= 0.3 is 12.1 Å². The van der Waals surface area contributed by atoms with Crippen molar-refractivity contribution in [1.29, 1.82) is 0 Å². The molecular formula is C11H8F3N3O2S. The van der Waals surface area contributed by atoms with Crippen molar-refractivity contribution in [3.05, 3.63) is 34.7 Å². The number of hydrogen-bond acceptors (Lipinski definition) is 5. The Morgan fingerprint density at radius 2 is 2.10 bits per heavy atom. The van der Waals surface area contributed by atoms with Gasteiger partial charge in [-0.15, -0.1) is 11.3 Å². The number of nitrogens with one attached hydrogen (secondary N) is 1. The van der Waals surface area contributed by atoms with Gasteiger partial charge in [0.15, 0.2) is 5.69 Å². The van der Waals surface area contributed by atoms with Crippen LogP contribution in [0, 0.1) is 6.92 Å². The SMILES string of the molecule is Cc1nc(C(=O)O)c(Nc2ccc(C(F)(F)F)nc2)s1. The predicted octanol–water partition coefficient (Wildman–Crippen LogP) is 3.31. The first-order valence-electron chi connectivity index (χ1n) is 5.28. The molecule has 0 unspecified atom stereocenters. The zero-order valence-electron chi connectivity index (χ0n) is 10.0. The maximum absolute atomic E-state index is 12.4. The van der Waals surface area contributed by atoms with Crippen LogP contribution in [-0.4, -0.2) is 21.0 Å². The number of aryl methyl sites for hydroxylation is 1. The number of nitrogens with zero attached hydrogens (tertiary/aromatic N) is 2. The van der Waals surface area contributed by atoms with Gasteiger partial charge < -0.3 is 10.4 Å². The molecule has 2 rings (SSSR count). The monoisotopic (exact) mass is 303 g/mol. The summed E-state index contributed by atoms with van der Waals surface area (Å²) in [7, 11) is 0. The molecular weight excluding hydrogens is 295 g/mol. The van der Waals surface area contributed by atoms with Crippen LogP contribution >= 0.6 is 11.3 Å². The summed E-state index contributed by atoms with van der Waals surface area (Å²) in [5.41, 5.74) is -0.932. The molecule has 0 fully saturated rings. The molecule has 0 bridgehead atoms. The number of carboxylic acid groups (broad SMARTS) is 1. The molecule has 0 atom stereocenters. The first kappa shape index (κ1) is 14.3. The molecule has 0 radical (unpaired) electrons. The maximum atomic E-state index is 12.4. The minimum Gasteiger partial charge on any atom is -0.476 e. The molecule has 0 amide bonds. The summed E-state index contributed by atoms with van der Waals surface area (Å²) in [5, 5.41) is 12.4. The fourth-order valence-electron chi connectivity index (χ4n) is 1.42. The summed E-state index contributed by atoms with van der Waals surface area (Å²) >= 11 is 1.09. The highest BCUT2D eigenvalue weighted by Gasteiger charge is 2.32. The standard InChI is InChI=1S/C11H8F3N3O2S/c1-5-16-8(10(18)19)9(20-5)17-6-2-3-7(15-4-6)11(12,13)14/h2-4,17H,1H3,(H,18,19). The Bertz CT molecular complexity index is 637. The molecule has 0 saturated heterocycles. The first-order chi connectivity index (χ1) is 9.27. The number of anilines is 2. The quantitative estimate of drug-likeness (QED) is 0.910. The topological polar surface area (TPSA) is 75.1 Å². The molecule has 2 heterocycles. The van der Waals surface area contributed by atoms with E-state index in [2.05, 4.69) is 15.3 Å². The van der Waals surface area contributed by atoms with E-state index in [1.165, 1.54) is 6.07 Å². The van der Waals surface area contributed by atoms with Crippen LogP contribution in [0.1, 0.15) is 21.2 Å². The summed E-state index contributed by atoms with van der Waals surface area (Å²) in [6.07, 6.45) is -3.52. The highest BCUT2D eigenvalue weighted by molar-refractivity contribution is 7.16. The van der Waals surface area contributed by atoms with Gasteiger partial charge in [-0.2, -0.15) is 13.2 Å². The van der Waals surface area contributed by atoms with Gasteiger partial charge in [-0.1, -0.05) is 0 Å². The lowest BCUT2D eigenvalue weighted by molar-refractivity contribution is -0.141. The highest BCUT2D eigenvalue weighted by atomic mass is 32.1. The molecule has 20 heavy (non-hydrogen) atoms. The van der Waals surface area contributed by atoms with Gasteiger partial charge in [0.05, 0.1) is 16.9 Å². The third-order valence-electron chi connectivity index (χ3n) is 2.25. The van der Waals surface area contributed by atoms with Gasteiger partial charge in [0.25, 0.3) is 0 Å². The van der Waals surface area contributed by atoms with E-state index in [0.717, 1.165) is 23.6 Å². The van der Waals surface area contributed by atoms with Crippen LogP contribution in [-0.2, 0) is 6.18 Å². The van der Waals surface area contributed by atoms with Crippen LogP contribution < -0.4 is 5.32 Å². The Morgan fingerprint density at radius 1 is 1.40 bits per heavy atom. The van der Waals surface area contributed by atoms with Crippen molar-refractivity contribution in [3.8, 4) is 0 Å². The molecule has 2 N–H and O–H groups in total. The molecule has 2 aromatic heterocycles. The van der Waals surface area contributed by atoms with Crippen molar-refractivity contribution in [3.63, 3.8) is 0 Å². The number of pyridine rings is 1. The fourth-order valence-corrected chi connectivity index (χ4v) is 2.25. The largest absolute Gasteiger partial charge is 0.476 e. The average Bonchev–Trinajstić information content (AvgIpc) is 2.70. The Kier molecular flexibility index (Phi) is 3.62. The zero-order valence-corrected chi connectivity index (χ0v) is 10.8. The smallest absolute Gasteiger partial charge is 0.433 e. The molecule has 0 aliphatic carbocycles. The average molecular weight is 303 g/mol. The van der Waals surface area contributed by atoms with Crippen LogP contribution in [0.4, 0.5) is 23.9 Å². The number of rotatable bonds is 3. The van der Waals surface area contributed by atoms with Gasteiger partial charge in [0.1, 0.15) is 10.7 Å². The van der Waals surface area contributed by atoms with Gasteiger partial charge in [0, 0.05) is 0 Å². The van der Waals surface area contributed by atoms with E-state index in [0.29, 0.717) is 5.01 Å². The van der Waals surface area contributed by atoms with Gasteiger partial charge in [0.2, 0.25) is 0 Å². The molecule has 9 heteroatoms. The first-order valence-corrected chi connectivity index (χ1v) is 6.10. The summed E-state index contributed by atoms with van der Waals surface area (Å²) in [5.74, 6) is -1.21. The van der Waals surface area contributed by atoms with Crippen LogP contribution in [0.15, 0.2) is 18.3 Å². The number of aromatic carboxylic acids is 1. The second-order valence-corrected chi connectivity index (χ2v) is 4.97. The molecule has 0 aliphatic rings. The van der Waals surface area contributed by atoms with Crippen molar-refractivity contribution < 1.29 is 23.1 Å². The van der Waals surface area contributed by atoms with Crippen molar-refractivity contribution in [2.75, 3.05) is 5.32 Å². The molecule has 2 aromatic rings. The lowest BCUT2D eigenvalue weighted by atomic mass is 10.3. The molecule has 0 saturated carbocycles. The van der Waals surface area contributed by atoms with Crippen molar-refractivity contribution >= 4 is 28.0 Å². The van der Waals surface area contributed by atoms with E-state index in [9.17, 15) is 18.0 Å². The molecule has 0 aliphatic heterocycles. The lowest BCUT2D eigenvalue weighted by Crippen LogP contribution is -2.07. The number of carboxylic acids is 1. The minimum absolute atomic E-state index is 0.174. The number of thiazole rings is 1. The number of aromatic nitrogens is 2. The van der Waals surface area contributed by atoms with E-state index in [1.54, 1.807) is 6.92 Å². The minimum atomic E-state index is -4.51. The third-order valence-corrected chi connectivity index (χ3v) is 3.13. The Hall–Kier alpha value is -2.16. The van der Waals surface area contributed by atoms with E-state index < -0.39 is 17.8 Å². The number of hydrogen-bond donors (Lipinski definition) is 2. The van der Waals surface area contributed by atoms with Crippen LogP contribution in [0.5, 0.6) is 0 Å². The van der Waals surface area contributed by atoms with Crippen LogP contribution in [0.2, 0.25) is 0 Å². The fraction of sp³-hybridized carbons (Fsp3) is 0.182. The molecule has 106 valence electrons. The molecule has 0 aromatic carbocycles. The van der Waals surface area contributed by atoms with Crippen molar-refractivity contribution in [2.45, 2.75) is 13.1 Å². The van der Waals surface area contributed by atoms with Gasteiger partial charge in [-0.3, -0.25) is 0 Å². The summed E-state index contributed by atoms with van der Waals surface area (Å²) in [6.45, 7) is 1.63. The van der Waals surface area contributed by atoms with Gasteiger partial charge in [-0.05, 0) is 19.1 Å². The molecule has 0 spiro atoms. The number of halogens is 3. The van der Waals surface area contributed by atoms with E-state index in [1.807, 2.05) is 0 Å². The predicted molar refractivity (Wildman–Crippen MR) is 66.3 cm³/mol. The summed E-state index contributed by atoms with van der Waals surface area (Å²) in [6, 6.07) is 1.99. The van der Waals surface area contributed by atoms with E-state index in [-0.39, 0.29) is 16.4 Å². The maximum Gasteiger partial charge on any atom is 0.433 e. The third kappa shape index (κ3) is 3.05. The second-order valence-electron chi connectivity index (χ2n) is 3.77. The second kappa shape index (κ2) is 5.08. The Labute approximate surface area is 115 Å². The Morgan fingerprint density at radius 3 is 2.60 bits per heavy atom. The normalized spacial score (nSPS) is 11.4. The van der Waals surface area contributed by atoms with Crippen LogP contribution in [0.25, 0.3) is 0 Å². The van der Waals surface area contributed by atoms with Gasteiger partial charge in [-0.25, -0.2) is 14.8 Å². The summed E-state index contributed by atoms with van der Waals surface area (Å²) < 4.78 is 37.1. The summed E-state index contributed by atoms with van der Waals surface area (Å²) in [4.78, 5) is 18.0. The van der Waals surface area contributed by atoms with Crippen LogP contribution in [0.3, 0.4) is 0 Å². The number of alkyl halides is 3. The number of carbonyl (C=O) groups is 1. The van der Waals surface area contributed by atoms with E-state index in [4.69, 9.17) is 5.11 Å². The zero-order chi connectivity index (χ0) is 14.9.